The third-order valence-electron chi connectivity index (χ3n) is 3.02. The van der Waals surface area contributed by atoms with Crippen LogP contribution in [0.25, 0.3) is 0 Å². The molecule has 0 aliphatic rings. The minimum absolute atomic E-state index is 0.419. The largest absolute Gasteiger partial charge is 0.513 e. The number of hydrazine groups is 1. The predicted octanol–water partition coefficient (Wildman–Crippen LogP) is 2.75. The molecule has 0 aromatic heterocycles. The van der Waals surface area contributed by atoms with Crippen molar-refractivity contribution in [3.8, 4) is 5.75 Å². The van der Waals surface area contributed by atoms with Gasteiger partial charge in [-0.3, -0.25) is 0 Å². The fourth-order valence-electron chi connectivity index (χ4n) is 1.87. The van der Waals surface area contributed by atoms with Crippen LogP contribution < -0.4 is 15.6 Å². The van der Waals surface area contributed by atoms with Crippen molar-refractivity contribution in [3.63, 3.8) is 0 Å². The Labute approximate surface area is 123 Å². The fourth-order valence-corrected chi connectivity index (χ4v) is 1.87. The highest BCUT2D eigenvalue weighted by atomic mass is 16.7. The summed E-state index contributed by atoms with van der Waals surface area (Å²) in [6, 6.07) is 17.1. The molecular weight excluding hydrogens is 268 g/mol. The van der Waals surface area contributed by atoms with Crippen LogP contribution in [0.4, 0.5) is 10.5 Å². The van der Waals surface area contributed by atoms with Crippen molar-refractivity contribution in [2.75, 3.05) is 18.7 Å². The first kappa shape index (κ1) is 14.9. The molecule has 0 unspecified atom stereocenters. The van der Waals surface area contributed by atoms with Gasteiger partial charge in [0.1, 0.15) is 5.75 Å². The minimum Gasteiger partial charge on any atom is -0.437 e. The van der Waals surface area contributed by atoms with E-state index >= 15 is 0 Å². The Hall–Kier alpha value is -2.53. The number of hydrogen-bond acceptors (Lipinski definition) is 5. The smallest absolute Gasteiger partial charge is 0.437 e. The van der Waals surface area contributed by atoms with E-state index in [1.165, 1.54) is 12.7 Å². The Morgan fingerprint density at radius 2 is 1.76 bits per heavy atom. The molecular formula is C16H18N2O3. The molecule has 0 saturated carbocycles. The number of anilines is 1. The van der Waals surface area contributed by atoms with Crippen LogP contribution in [0.1, 0.15) is 5.56 Å². The van der Waals surface area contributed by atoms with Crippen LogP contribution in [-0.2, 0) is 11.2 Å². The first-order valence-electron chi connectivity index (χ1n) is 6.61. The maximum atomic E-state index is 11.0. The van der Waals surface area contributed by atoms with Gasteiger partial charge >= 0.3 is 6.16 Å². The van der Waals surface area contributed by atoms with Crippen molar-refractivity contribution in [3.05, 3.63) is 60.2 Å². The zero-order chi connectivity index (χ0) is 15.1. The second-order valence-corrected chi connectivity index (χ2v) is 4.48. The lowest BCUT2D eigenvalue weighted by Gasteiger charge is -2.18. The molecule has 0 atom stereocenters. The molecule has 0 aliphatic heterocycles. The van der Waals surface area contributed by atoms with E-state index in [1.54, 1.807) is 29.3 Å². The van der Waals surface area contributed by atoms with Gasteiger partial charge in [-0.2, -0.15) is 0 Å². The summed E-state index contributed by atoms with van der Waals surface area (Å²) in [5.41, 5.74) is 2.08. The predicted molar refractivity (Wildman–Crippen MR) is 81.2 cm³/mol. The van der Waals surface area contributed by atoms with Crippen molar-refractivity contribution < 1.29 is 14.3 Å². The van der Waals surface area contributed by atoms with Crippen LogP contribution in [0.3, 0.4) is 0 Å². The first-order chi connectivity index (χ1) is 10.2. The fraction of sp³-hybridized carbons (Fsp3) is 0.188. The highest BCUT2D eigenvalue weighted by Gasteiger charge is 2.05. The number of carbonyl (C=O) groups is 1. The average molecular weight is 286 g/mol. The maximum absolute atomic E-state index is 11.0. The molecule has 5 nitrogen and oxygen atoms in total. The summed E-state index contributed by atoms with van der Waals surface area (Å²) in [4.78, 5) is 11.0. The van der Waals surface area contributed by atoms with Gasteiger partial charge in [-0.15, -0.1) is 0 Å². The standard InChI is InChI=1S/C16H18N2O3/c1-20-16(19)21-15-9-7-14(8-10-15)18(17)12-11-13-5-3-2-4-6-13/h2-10H,11-12,17H2,1H3. The number of nitrogens with zero attached hydrogens (tertiary/aromatic N) is 1. The van der Waals surface area contributed by atoms with Gasteiger partial charge in [0.25, 0.3) is 0 Å². The number of carbonyl (C=O) groups excluding carboxylic acids is 1. The first-order valence-corrected chi connectivity index (χ1v) is 6.61. The van der Waals surface area contributed by atoms with Crippen molar-refractivity contribution in [2.24, 2.45) is 5.84 Å². The number of nitrogens with two attached hydrogens (primary N) is 1. The van der Waals surface area contributed by atoms with E-state index in [2.05, 4.69) is 16.9 Å². The SMILES string of the molecule is COC(=O)Oc1ccc(N(N)CCc2ccccc2)cc1. The summed E-state index contributed by atoms with van der Waals surface area (Å²) in [5.74, 6) is 6.44. The van der Waals surface area contributed by atoms with Crippen molar-refractivity contribution >= 4 is 11.8 Å². The Morgan fingerprint density at radius 3 is 2.38 bits per heavy atom. The van der Waals surface area contributed by atoms with Crippen LogP contribution in [0.2, 0.25) is 0 Å². The van der Waals surface area contributed by atoms with Gasteiger partial charge in [-0.05, 0) is 36.2 Å². The summed E-state index contributed by atoms with van der Waals surface area (Å²) in [6.45, 7) is 0.696. The Bertz CT molecular complexity index is 570. The van der Waals surface area contributed by atoms with Crippen LogP contribution in [0.15, 0.2) is 54.6 Å². The summed E-state index contributed by atoms with van der Waals surface area (Å²) < 4.78 is 9.33. The zero-order valence-electron chi connectivity index (χ0n) is 11.9. The second-order valence-electron chi connectivity index (χ2n) is 4.48. The molecule has 21 heavy (non-hydrogen) atoms. The third-order valence-corrected chi connectivity index (χ3v) is 3.02. The number of benzene rings is 2. The van der Waals surface area contributed by atoms with Crippen molar-refractivity contribution in [2.45, 2.75) is 6.42 Å². The van der Waals surface area contributed by atoms with Crippen LogP contribution in [0.5, 0.6) is 5.75 Å². The minimum atomic E-state index is -0.739. The topological polar surface area (TPSA) is 64.8 Å². The molecule has 0 radical (unpaired) electrons. The lowest BCUT2D eigenvalue weighted by molar-refractivity contribution is 0.121. The molecule has 2 aromatic rings. The molecule has 5 heteroatoms. The molecule has 2 aromatic carbocycles. The second kappa shape index (κ2) is 7.31. The van der Waals surface area contributed by atoms with E-state index in [0.717, 1.165) is 12.1 Å². The molecule has 0 fully saturated rings. The van der Waals surface area contributed by atoms with E-state index in [4.69, 9.17) is 10.6 Å². The molecule has 0 spiro atoms. The highest BCUT2D eigenvalue weighted by molar-refractivity contribution is 5.64. The molecule has 0 heterocycles. The average Bonchev–Trinajstić information content (AvgIpc) is 2.54. The molecule has 0 aliphatic carbocycles. The number of methoxy groups -OCH3 is 1. The van der Waals surface area contributed by atoms with Crippen LogP contribution >= 0.6 is 0 Å². The highest BCUT2D eigenvalue weighted by Crippen LogP contribution is 2.18. The Balaban J connectivity index is 1.90. The molecule has 2 N–H and O–H groups in total. The van der Waals surface area contributed by atoms with E-state index in [-0.39, 0.29) is 0 Å². The number of rotatable bonds is 5. The molecule has 110 valence electrons. The summed E-state index contributed by atoms with van der Waals surface area (Å²) in [6.07, 6.45) is 0.119. The molecule has 0 bridgehead atoms. The van der Waals surface area contributed by atoms with Crippen molar-refractivity contribution in [1.82, 2.24) is 0 Å². The maximum Gasteiger partial charge on any atom is 0.513 e. The van der Waals surface area contributed by atoms with Crippen LogP contribution in [0, 0.1) is 0 Å². The van der Waals surface area contributed by atoms with Gasteiger partial charge in [-0.1, -0.05) is 30.3 Å². The molecule has 0 saturated heterocycles. The summed E-state index contributed by atoms with van der Waals surface area (Å²) in [5, 5.41) is 1.66. The van der Waals surface area contributed by atoms with E-state index < -0.39 is 6.16 Å². The summed E-state index contributed by atoms with van der Waals surface area (Å²) in [7, 11) is 1.27. The zero-order valence-corrected chi connectivity index (χ0v) is 11.9. The van der Waals surface area contributed by atoms with E-state index in [9.17, 15) is 4.79 Å². The number of ether oxygens (including phenoxy) is 2. The lowest BCUT2D eigenvalue weighted by atomic mass is 10.1. The third kappa shape index (κ3) is 4.50. The van der Waals surface area contributed by atoms with Gasteiger partial charge in [0.2, 0.25) is 0 Å². The van der Waals surface area contributed by atoms with Crippen molar-refractivity contribution in [1.29, 1.82) is 0 Å². The van der Waals surface area contributed by atoms with Gasteiger partial charge in [0, 0.05) is 6.54 Å². The Kier molecular flexibility index (Phi) is 5.17. The lowest BCUT2D eigenvalue weighted by Crippen LogP contribution is -2.32. The summed E-state index contributed by atoms with van der Waals surface area (Å²) >= 11 is 0. The van der Waals surface area contributed by atoms with Gasteiger partial charge in [0.05, 0.1) is 12.8 Å². The van der Waals surface area contributed by atoms with E-state index in [1.807, 2.05) is 18.2 Å². The normalized spacial score (nSPS) is 10.0. The van der Waals surface area contributed by atoms with Gasteiger partial charge < -0.3 is 14.5 Å². The number of hydrogen-bond donors (Lipinski definition) is 1. The quantitative estimate of drug-likeness (QED) is 0.396. The van der Waals surface area contributed by atoms with E-state index in [0.29, 0.717) is 12.3 Å². The van der Waals surface area contributed by atoms with Gasteiger partial charge in [0.15, 0.2) is 0 Å². The van der Waals surface area contributed by atoms with Crippen LogP contribution in [-0.4, -0.2) is 19.8 Å². The monoisotopic (exact) mass is 286 g/mol. The molecule has 2 rings (SSSR count). The Morgan fingerprint density at radius 1 is 1.10 bits per heavy atom. The van der Waals surface area contributed by atoms with Gasteiger partial charge in [-0.25, -0.2) is 10.6 Å². The molecule has 0 amide bonds.